The molecule has 1 atom stereocenters. The molecule has 2 aliphatic heterocycles. The summed E-state index contributed by atoms with van der Waals surface area (Å²) in [6.07, 6.45) is 0. The standard InChI is InChI=1S/C20H20N2O2S/c1-13(2)14-8-10-15(11-9-14)22-18(23)12-25-20(22)16-6-4-5-7-17(16)21(3)19(20)24/h4-11,13H,12H2,1-3H3/t20-/m1/s1. The number of carbonyl (C=O) groups is 2. The van der Waals surface area contributed by atoms with E-state index in [2.05, 4.69) is 13.8 Å². The SMILES string of the molecule is CC(C)c1ccc(N2C(=O)CS[C@]23C(=O)N(C)c2ccccc23)cc1. The number of hydrogen-bond donors (Lipinski definition) is 0. The summed E-state index contributed by atoms with van der Waals surface area (Å²) in [5.74, 6) is 0.643. The number of likely N-dealkylation sites (N-methyl/N-ethyl adjacent to an activating group) is 1. The first-order chi connectivity index (χ1) is 12.0. The largest absolute Gasteiger partial charge is 0.312 e. The van der Waals surface area contributed by atoms with Gasteiger partial charge < -0.3 is 4.90 Å². The topological polar surface area (TPSA) is 40.6 Å². The Morgan fingerprint density at radius 2 is 1.72 bits per heavy atom. The lowest BCUT2D eigenvalue weighted by Gasteiger charge is -2.33. The van der Waals surface area contributed by atoms with Crippen LogP contribution in [0.5, 0.6) is 0 Å². The number of amides is 2. The van der Waals surface area contributed by atoms with Crippen LogP contribution in [0.3, 0.4) is 0 Å². The molecule has 1 spiro atoms. The van der Waals surface area contributed by atoms with Gasteiger partial charge in [-0.25, -0.2) is 0 Å². The molecule has 0 aromatic heterocycles. The lowest BCUT2D eigenvalue weighted by atomic mass is 10.0. The number of para-hydroxylation sites is 1. The Balaban J connectivity index is 1.87. The summed E-state index contributed by atoms with van der Waals surface area (Å²) in [6.45, 7) is 4.28. The van der Waals surface area contributed by atoms with Gasteiger partial charge in [0.2, 0.25) is 10.8 Å². The smallest absolute Gasteiger partial charge is 0.268 e. The van der Waals surface area contributed by atoms with E-state index in [4.69, 9.17) is 0 Å². The minimum atomic E-state index is -0.984. The van der Waals surface area contributed by atoms with Gasteiger partial charge in [0.05, 0.1) is 11.4 Å². The van der Waals surface area contributed by atoms with E-state index < -0.39 is 4.87 Å². The highest BCUT2D eigenvalue weighted by atomic mass is 32.2. The number of benzene rings is 2. The first-order valence-corrected chi connectivity index (χ1v) is 9.40. The predicted octanol–water partition coefficient (Wildman–Crippen LogP) is 3.72. The number of fused-ring (bicyclic) bond motifs is 2. The molecule has 0 bridgehead atoms. The summed E-state index contributed by atoms with van der Waals surface area (Å²) in [6, 6.07) is 15.7. The minimum absolute atomic E-state index is 0.0271. The zero-order valence-electron chi connectivity index (χ0n) is 14.5. The third-order valence-electron chi connectivity index (χ3n) is 5.01. The Hall–Kier alpha value is -2.27. The average molecular weight is 352 g/mol. The average Bonchev–Trinajstić information content (AvgIpc) is 3.07. The second kappa shape index (κ2) is 5.63. The third kappa shape index (κ3) is 2.15. The Bertz CT molecular complexity index is 862. The van der Waals surface area contributed by atoms with Crippen LogP contribution in [0.2, 0.25) is 0 Å². The maximum atomic E-state index is 13.2. The molecular weight excluding hydrogens is 332 g/mol. The van der Waals surface area contributed by atoms with Crippen LogP contribution in [0.1, 0.15) is 30.9 Å². The summed E-state index contributed by atoms with van der Waals surface area (Å²) in [5.41, 5.74) is 3.76. The van der Waals surface area contributed by atoms with Crippen molar-refractivity contribution in [3.8, 4) is 0 Å². The molecule has 5 heteroatoms. The fraction of sp³-hybridized carbons (Fsp3) is 0.300. The molecule has 0 saturated carbocycles. The molecule has 2 amide bonds. The van der Waals surface area contributed by atoms with Crippen LogP contribution in [0.15, 0.2) is 48.5 Å². The molecular formula is C20H20N2O2S. The van der Waals surface area contributed by atoms with E-state index in [0.29, 0.717) is 11.7 Å². The minimum Gasteiger partial charge on any atom is -0.312 e. The third-order valence-corrected chi connectivity index (χ3v) is 6.40. The molecule has 2 aromatic carbocycles. The van der Waals surface area contributed by atoms with E-state index in [9.17, 15) is 9.59 Å². The van der Waals surface area contributed by atoms with Crippen molar-refractivity contribution in [2.45, 2.75) is 24.6 Å². The Morgan fingerprint density at radius 3 is 2.40 bits per heavy atom. The zero-order chi connectivity index (χ0) is 17.8. The molecule has 128 valence electrons. The molecule has 0 unspecified atom stereocenters. The van der Waals surface area contributed by atoms with Gasteiger partial charge in [0.15, 0.2) is 0 Å². The molecule has 0 aliphatic carbocycles. The van der Waals surface area contributed by atoms with E-state index in [1.165, 1.54) is 17.3 Å². The second-order valence-electron chi connectivity index (χ2n) is 6.79. The summed E-state index contributed by atoms with van der Waals surface area (Å²) in [5, 5.41) is 0. The van der Waals surface area contributed by atoms with E-state index in [1.807, 2.05) is 48.5 Å². The number of nitrogens with zero attached hydrogens (tertiary/aromatic N) is 2. The first-order valence-electron chi connectivity index (χ1n) is 8.41. The molecule has 25 heavy (non-hydrogen) atoms. The fourth-order valence-corrected chi connectivity index (χ4v) is 5.05. The number of rotatable bonds is 2. The highest BCUT2D eigenvalue weighted by molar-refractivity contribution is 8.02. The lowest BCUT2D eigenvalue weighted by molar-refractivity contribution is -0.123. The molecule has 2 aliphatic rings. The summed E-state index contributed by atoms with van der Waals surface area (Å²) >= 11 is 1.41. The maximum absolute atomic E-state index is 13.2. The number of carbonyl (C=O) groups excluding carboxylic acids is 2. The van der Waals surface area contributed by atoms with E-state index in [-0.39, 0.29) is 11.8 Å². The summed E-state index contributed by atoms with van der Waals surface area (Å²) in [7, 11) is 1.78. The summed E-state index contributed by atoms with van der Waals surface area (Å²) < 4.78 is 0. The van der Waals surface area contributed by atoms with Crippen molar-refractivity contribution >= 4 is 35.0 Å². The van der Waals surface area contributed by atoms with Crippen molar-refractivity contribution in [2.75, 3.05) is 22.6 Å². The van der Waals surface area contributed by atoms with Crippen molar-refractivity contribution < 1.29 is 9.59 Å². The Labute approximate surface area is 151 Å². The van der Waals surface area contributed by atoms with Gasteiger partial charge >= 0.3 is 0 Å². The van der Waals surface area contributed by atoms with E-state index in [0.717, 1.165) is 16.9 Å². The van der Waals surface area contributed by atoms with Gasteiger partial charge in [-0.2, -0.15) is 0 Å². The molecule has 1 saturated heterocycles. The van der Waals surface area contributed by atoms with Gasteiger partial charge in [-0.15, -0.1) is 11.8 Å². The quantitative estimate of drug-likeness (QED) is 0.827. The van der Waals surface area contributed by atoms with Gasteiger partial charge in [-0.3, -0.25) is 14.5 Å². The van der Waals surface area contributed by atoms with Crippen LogP contribution in [-0.4, -0.2) is 24.6 Å². The van der Waals surface area contributed by atoms with Crippen molar-refractivity contribution in [3.05, 3.63) is 59.7 Å². The molecule has 1 fully saturated rings. The van der Waals surface area contributed by atoms with Gasteiger partial charge in [-0.05, 0) is 29.7 Å². The second-order valence-corrected chi connectivity index (χ2v) is 7.96. The molecule has 2 heterocycles. The van der Waals surface area contributed by atoms with Crippen molar-refractivity contribution in [1.29, 1.82) is 0 Å². The van der Waals surface area contributed by atoms with Gasteiger partial charge in [0.1, 0.15) is 0 Å². The molecule has 4 nitrogen and oxygen atoms in total. The van der Waals surface area contributed by atoms with Crippen LogP contribution >= 0.6 is 11.8 Å². The highest BCUT2D eigenvalue weighted by Gasteiger charge is 2.60. The van der Waals surface area contributed by atoms with Crippen molar-refractivity contribution in [3.63, 3.8) is 0 Å². The fourth-order valence-electron chi connectivity index (χ4n) is 3.67. The molecule has 0 radical (unpaired) electrons. The van der Waals surface area contributed by atoms with Crippen LogP contribution in [0.25, 0.3) is 0 Å². The first kappa shape index (κ1) is 16.2. The monoisotopic (exact) mass is 352 g/mol. The molecule has 0 N–H and O–H groups in total. The zero-order valence-corrected chi connectivity index (χ0v) is 15.3. The van der Waals surface area contributed by atoms with E-state index >= 15 is 0 Å². The normalized spacial score (nSPS) is 22.4. The maximum Gasteiger partial charge on any atom is 0.268 e. The van der Waals surface area contributed by atoms with Crippen LogP contribution in [0, 0.1) is 0 Å². The van der Waals surface area contributed by atoms with Crippen LogP contribution in [-0.2, 0) is 14.5 Å². The van der Waals surface area contributed by atoms with Crippen LogP contribution < -0.4 is 9.80 Å². The number of anilines is 2. The molecule has 2 aromatic rings. The highest BCUT2D eigenvalue weighted by Crippen LogP contribution is 2.55. The predicted molar refractivity (Wildman–Crippen MR) is 102 cm³/mol. The number of hydrogen-bond acceptors (Lipinski definition) is 3. The van der Waals surface area contributed by atoms with Crippen LogP contribution in [0.4, 0.5) is 11.4 Å². The Morgan fingerprint density at radius 1 is 1.04 bits per heavy atom. The Kier molecular flexibility index (Phi) is 3.65. The van der Waals surface area contributed by atoms with Crippen molar-refractivity contribution in [2.24, 2.45) is 0 Å². The van der Waals surface area contributed by atoms with Gasteiger partial charge in [-0.1, -0.05) is 44.2 Å². The lowest BCUT2D eigenvalue weighted by Crippen LogP contribution is -2.49. The number of thioether (sulfide) groups is 1. The van der Waals surface area contributed by atoms with E-state index in [1.54, 1.807) is 16.8 Å². The van der Waals surface area contributed by atoms with Crippen molar-refractivity contribution in [1.82, 2.24) is 0 Å². The van der Waals surface area contributed by atoms with Gasteiger partial charge in [0, 0.05) is 18.3 Å². The summed E-state index contributed by atoms with van der Waals surface area (Å²) in [4.78, 5) is 28.3. The van der Waals surface area contributed by atoms with Gasteiger partial charge in [0.25, 0.3) is 5.91 Å². The molecule has 4 rings (SSSR count).